The van der Waals surface area contributed by atoms with Crippen LogP contribution in [-0.2, 0) is 9.59 Å². The predicted octanol–water partition coefficient (Wildman–Crippen LogP) is 3.01. The number of nitrogens with zero attached hydrogens (tertiary/aromatic N) is 1. The molecule has 0 aromatic heterocycles. The zero-order valence-electron chi connectivity index (χ0n) is 17.0. The molecule has 2 rings (SSSR count). The van der Waals surface area contributed by atoms with Crippen LogP contribution in [0.3, 0.4) is 0 Å². The second-order valence-corrected chi connectivity index (χ2v) is 8.84. The Morgan fingerprint density at radius 3 is 2.41 bits per heavy atom. The van der Waals surface area contributed by atoms with Gasteiger partial charge in [-0.3, -0.25) is 14.8 Å². The highest BCUT2D eigenvalue weighted by Crippen LogP contribution is 2.29. The molecule has 160 valence electrons. The van der Waals surface area contributed by atoms with Crippen LogP contribution in [0.1, 0.15) is 40.0 Å². The van der Waals surface area contributed by atoms with Gasteiger partial charge in [0.2, 0.25) is 5.91 Å². The lowest BCUT2D eigenvalue weighted by Crippen LogP contribution is -2.57. The smallest absolute Gasteiger partial charge is 0.319 e. The number of para-hydroxylation sites is 1. The first-order valence-corrected chi connectivity index (χ1v) is 10.0. The number of urea groups is 1. The molecule has 1 aromatic rings. The third kappa shape index (κ3) is 6.61. The topological polar surface area (TPSA) is 111 Å². The van der Waals surface area contributed by atoms with E-state index in [4.69, 9.17) is 16.8 Å². The third-order valence-electron chi connectivity index (χ3n) is 4.98. The van der Waals surface area contributed by atoms with Gasteiger partial charge in [0.25, 0.3) is 5.91 Å². The van der Waals surface area contributed by atoms with Crippen molar-refractivity contribution in [1.29, 1.82) is 0 Å². The molecule has 4 amide bonds. The van der Waals surface area contributed by atoms with Gasteiger partial charge in [-0.1, -0.05) is 50.9 Å². The van der Waals surface area contributed by atoms with E-state index in [0.717, 1.165) is 19.3 Å². The van der Waals surface area contributed by atoms with Crippen LogP contribution in [0, 0.1) is 11.3 Å². The lowest BCUT2D eigenvalue weighted by molar-refractivity contribution is -0.143. The zero-order valence-corrected chi connectivity index (χ0v) is 17.8. The second-order valence-electron chi connectivity index (χ2n) is 8.43. The minimum Gasteiger partial charge on any atom is -0.331 e. The number of hydrogen-bond donors (Lipinski definition) is 4. The highest BCUT2D eigenvalue weighted by atomic mass is 35.5. The summed E-state index contributed by atoms with van der Waals surface area (Å²) in [6.07, 6.45) is 3.08. The Balaban J connectivity index is 2.15. The quantitative estimate of drug-likeness (QED) is 0.398. The molecule has 1 saturated carbocycles. The maximum atomic E-state index is 13.3. The summed E-state index contributed by atoms with van der Waals surface area (Å²) < 4.78 is 0. The molecule has 4 N–H and O–H groups in total. The molecule has 1 unspecified atom stereocenters. The number of hydroxylamine groups is 1. The molecule has 0 heterocycles. The van der Waals surface area contributed by atoms with Gasteiger partial charge < -0.3 is 15.5 Å². The van der Waals surface area contributed by atoms with E-state index in [-0.39, 0.29) is 12.5 Å². The number of rotatable bonds is 7. The Bertz CT molecular complexity index is 746. The van der Waals surface area contributed by atoms with E-state index in [1.165, 1.54) is 4.90 Å². The van der Waals surface area contributed by atoms with Gasteiger partial charge in [-0.2, -0.15) is 0 Å². The second kappa shape index (κ2) is 9.93. The monoisotopic (exact) mass is 424 g/mol. The van der Waals surface area contributed by atoms with Crippen molar-refractivity contribution >= 4 is 35.1 Å². The van der Waals surface area contributed by atoms with Crippen LogP contribution >= 0.6 is 11.6 Å². The number of halogens is 1. The maximum Gasteiger partial charge on any atom is 0.319 e. The first-order chi connectivity index (χ1) is 13.6. The Kier molecular flexibility index (Phi) is 7.87. The number of amides is 4. The lowest BCUT2D eigenvalue weighted by Gasteiger charge is -2.37. The summed E-state index contributed by atoms with van der Waals surface area (Å²) >= 11 is 6.07. The van der Waals surface area contributed by atoms with Crippen molar-refractivity contribution in [1.82, 2.24) is 15.7 Å². The maximum absolute atomic E-state index is 13.3. The van der Waals surface area contributed by atoms with Crippen molar-refractivity contribution in [3.8, 4) is 0 Å². The van der Waals surface area contributed by atoms with E-state index in [0.29, 0.717) is 23.2 Å². The molecule has 9 heteroatoms. The molecule has 1 aromatic carbocycles. The first-order valence-electron chi connectivity index (χ1n) is 9.65. The normalized spacial score (nSPS) is 15.1. The minimum absolute atomic E-state index is 0.272. The molecule has 1 fully saturated rings. The molecular formula is C20H29ClN4O4. The summed E-state index contributed by atoms with van der Waals surface area (Å²) in [5.41, 5.74) is 1.39. The average molecular weight is 425 g/mol. The zero-order chi connectivity index (χ0) is 21.6. The summed E-state index contributed by atoms with van der Waals surface area (Å²) in [6.45, 7) is 5.63. The van der Waals surface area contributed by atoms with Crippen molar-refractivity contribution in [2.75, 3.05) is 18.4 Å². The van der Waals surface area contributed by atoms with E-state index < -0.39 is 23.4 Å². The molecule has 0 saturated heterocycles. The average Bonchev–Trinajstić information content (AvgIpc) is 2.61. The molecule has 0 spiro atoms. The molecule has 0 radical (unpaired) electrons. The molecule has 1 atom stereocenters. The van der Waals surface area contributed by atoms with Crippen molar-refractivity contribution in [3.63, 3.8) is 0 Å². The van der Waals surface area contributed by atoms with Crippen LogP contribution in [0.5, 0.6) is 0 Å². The number of benzene rings is 1. The summed E-state index contributed by atoms with van der Waals surface area (Å²) in [5.74, 6) is -0.726. The van der Waals surface area contributed by atoms with Crippen LogP contribution in [-0.4, -0.2) is 47.1 Å². The molecule has 0 aliphatic heterocycles. The van der Waals surface area contributed by atoms with E-state index in [9.17, 15) is 14.4 Å². The number of carbonyl (C=O) groups is 3. The largest absolute Gasteiger partial charge is 0.331 e. The van der Waals surface area contributed by atoms with Gasteiger partial charge in [0.05, 0.1) is 10.7 Å². The minimum atomic E-state index is -0.878. The van der Waals surface area contributed by atoms with Gasteiger partial charge in [-0.25, -0.2) is 10.3 Å². The van der Waals surface area contributed by atoms with Gasteiger partial charge in [-0.15, -0.1) is 0 Å². The summed E-state index contributed by atoms with van der Waals surface area (Å²) in [7, 11) is 0. The van der Waals surface area contributed by atoms with Crippen LogP contribution in [0.25, 0.3) is 0 Å². The SMILES string of the molecule is CC(C)(C)C(NC(=O)Nc1ccccc1Cl)C(=O)N(CC(=O)NO)CC1CCC1. The molecule has 0 bridgehead atoms. The summed E-state index contributed by atoms with van der Waals surface area (Å²) in [4.78, 5) is 38.9. The highest BCUT2D eigenvalue weighted by molar-refractivity contribution is 6.33. The Morgan fingerprint density at radius 1 is 1.24 bits per heavy atom. The number of nitrogens with one attached hydrogen (secondary N) is 3. The number of hydrogen-bond acceptors (Lipinski definition) is 4. The standard InChI is InChI=1S/C20H29ClN4O4/c1-20(2,3)17(23-19(28)22-15-10-5-4-9-14(15)21)18(27)25(12-16(26)24-29)11-13-7-6-8-13/h4-5,9-10,13,17,29H,6-8,11-12H2,1-3H3,(H,24,26)(H2,22,23,28). The lowest BCUT2D eigenvalue weighted by atomic mass is 9.83. The Morgan fingerprint density at radius 2 is 1.90 bits per heavy atom. The van der Waals surface area contributed by atoms with E-state index in [2.05, 4.69) is 10.6 Å². The van der Waals surface area contributed by atoms with Crippen LogP contribution in [0.15, 0.2) is 24.3 Å². The first kappa shape index (κ1) is 23.0. The predicted molar refractivity (Wildman–Crippen MR) is 111 cm³/mol. The number of carbonyl (C=O) groups excluding carboxylic acids is 3. The van der Waals surface area contributed by atoms with E-state index >= 15 is 0 Å². The summed E-state index contributed by atoms with van der Waals surface area (Å²) in [5, 5.41) is 14.6. The van der Waals surface area contributed by atoms with Gasteiger partial charge in [-0.05, 0) is 36.3 Å². The van der Waals surface area contributed by atoms with Gasteiger partial charge >= 0.3 is 6.03 Å². The fourth-order valence-corrected chi connectivity index (χ4v) is 3.29. The molecule has 1 aliphatic rings. The summed E-state index contributed by atoms with van der Waals surface area (Å²) in [6, 6.07) is 5.35. The number of anilines is 1. The highest BCUT2D eigenvalue weighted by Gasteiger charge is 2.37. The van der Waals surface area contributed by atoms with Crippen molar-refractivity contribution < 1.29 is 19.6 Å². The fourth-order valence-electron chi connectivity index (χ4n) is 3.11. The van der Waals surface area contributed by atoms with E-state index in [1.807, 2.05) is 20.8 Å². The van der Waals surface area contributed by atoms with Gasteiger partial charge in [0, 0.05) is 6.54 Å². The molecule has 29 heavy (non-hydrogen) atoms. The van der Waals surface area contributed by atoms with Crippen LogP contribution < -0.4 is 16.1 Å². The van der Waals surface area contributed by atoms with Crippen molar-refractivity contribution in [3.05, 3.63) is 29.3 Å². The van der Waals surface area contributed by atoms with Crippen LogP contribution in [0.4, 0.5) is 10.5 Å². The van der Waals surface area contributed by atoms with Gasteiger partial charge in [0.1, 0.15) is 12.6 Å². The molecule has 8 nitrogen and oxygen atoms in total. The molecular weight excluding hydrogens is 396 g/mol. The van der Waals surface area contributed by atoms with E-state index in [1.54, 1.807) is 29.7 Å². The third-order valence-corrected chi connectivity index (χ3v) is 5.31. The molecule has 1 aliphatic carbocycles. The Hall–Kier alpha value is -2.32. The van der Waals surface area contributed by atoms with Crippen molar-refractivity contribution in [2.45, 2.75) is 46.1 Å². The Labute approximate surface area is 175 Å². The van der Waals surface area contributed by atoms with Crippen LogP contribution in [0.2, 0.25) is 5.02 Å². The van der Waals surface area contributed by atoms with Crippen molar-refractivity contribution in [2.24, 2.45) is 11.3 Å². The van der Waals surface area contributed by atoms with Gasteiger partial charge in [0.15, 0.2) is 0 Å². The fraction of sp³-hybridized carbons (Fsp3) is 0.550.